The lowest BCUT2D eigenvalue weighted by Gasteiger charge is -2.27. The molecule has 0 spiro atoms. The van der Waals surface area contributed by atoms with Gasteiger partial charge in [-0.25, -0.2) is 4.79 Å². The molecule has 13 heteroatoms. The van der Waals surface area contributed by atoms with Gasteiger partial charge < -0.3 is 24.5 Å². The molecule has 3 atom stereocenters. The van der Waals surface area contributed by atoms with Crippen LogP contribution >= 0.6 is 0 Å². The number of imidazole rings is 1. The fraction of sp³-hybridized carbons (Fsp3) is 0.542. The van der Waals surface area contributed by atoms with E-state index in [2.05, 4.69) is 4.98 Å². The summed E-state index contributed by atoms with van der Waals surface area (Å²) in [5, 5.41) is 11.1. The molecule has 0 bridgehead atoms. The normalized spacial score (nSPS) is 18.5. The van der Waals surface area contributed by atoms with E-state index in [-0.39, 0.29) is 18.7 Å². The zero-order valence-corrected chi connectivity index (χ0v) is 20.5. The highest BCUT2D eigenvalue weighted by atomic mass is 19.4. The predicted octanol–water partition coefficient (Wildman–Crippen LogP) is 4.54. The highest BCUT2D eigenvalue weighted by Gasteiger charge is 2.44. The maximum atomic E-state index is 13.7. The Hall–Kier alpha value is -3.64. The van der Waals surface area contributed by atoms with Gasteiger partial charge in [0.15, 0.2) is 0 Å². The van der Waals surface area contributed by atoms with Gasteiger partial charge in [-0.15, -0.1) is 0 Å². The summed E-state index contributed by atoms with van der Waals surface area (Å²) in [7, 11) is 1.19. The summed E-state index contributed by atoms with van der Waals surface area (Å²) in [5.41, 5.74) is -0.823. The van der Waals surface area contributed by atoms with Crippen molar-refractivity contribution in [3.05, 3.63) is 52.5 Å². The molecule has 2 aromatic rings. The van der Waals surface area contributed by atoms with E-state index in [4.69, 9.17) is 9.47 Å². The van der Waals surface area contributed by atoms with Crippen LogP contribution in [0.25, 0.3) is 0 Å². The summed E-state index contributed by atoms with van der Waals surface area (Å²) in [6, 6.07) is 2.33. The Morgan fingerprint density at radius 3 is 2.49 bits per heavy atom. The second kappa shape index (κ2) is 12.1. The zero-order valence-electron chi connectivity index (χ0n) is 20.5. The van der Waals surface area contributed by atoms with Crippen molar-refractivity contribution in [1.82, 2.24) is 14.5 Å². The first-order chi connectivity index (χ1) is 17.5. The molecule has 0 N–H and O–H groups in total. The minimum absolute atomic E-state index is 0.0120. The van der Waals surface area contributed by atoms with E-state index in [1.807, 2.05) is 6.92 Å². The van der Waals surface area contributed by atoms with Crippen LogP contribution < -0.4 is 4.74 Å². The summed E-state index contributed by atoms with van der Waals surface area (Å²) in [6.45, 7) is 2.03. The van der Waals surface area contributed by atoms with Crippen LogP contribution in [0.15, 0.2) is 36.8 Å². The number of ether oxygens (including phenoxy) is 2. The van der Waals surface area contributed by atoms with Gasteiger partial charge in [0, 0.05) is 6.42 Å². The molecule has 202 valence electrons. The molecule has 1 fully saturated rings. The number of hydrogen-bond acceptors (Lipinski definition) is 7. The number of nitro groups is 1. The van der Waals surface area contributed by atoms with E-state index in [1.165, 1.54) is 41.2 Å². The van der Waals surface area contributed by atoms with Crippen LogP contribution in [0.4, 0.5) is 19.0 Å². The van der Waals surface area contributed by atoms with Crippen LogP contribution in [0.2, 0.25) is 0 Å². The van der Waals surface area contributed by atoms with E-state index >= 15 is 0 Å². The molecule has 37 heavy (non-hydrogen) atoms. The Morgan fingerprint density at radius 1 is 1.22 bits per heavy atom. The topological polar surface area (TPSA) is 117 Å². The number of carbonyl (C=O) groups is 2. The molecule has 0 saturated carbocycles. The van der Waals surface area contributed by atoms with E-state index in [9.17, 15) is 32.9 Å². The molecule has 0 aliphatic carbocycles. The molecule has 0 radical (unpaired) electrons. The Kier molecular flexibility index (Phi) is 9.11. The second-order valence-electron chi connectivity index (χ2n) is 8.83. The summed E-state index contributed by atoms with van der Waals surface area (Å²) >= 11 is 0. The van der Waals surface area contributed by atoms with E-state index < -0.39 is 52.5 Å². The Balaban J connectivity index is 1.81. The average Bonchev–Trinajstić information content (AvgIpc) is 3.51. The molecule has 1 amide bonds. The summed E-state index contributed by atoms with van der Waals surface area (Å²) < 4.78 is 50.6. The number of unbranched alkanes of at least 4 members (excludes halogenated alkanes) is 3. The number of benzene rings is 1. The average molecular weight is 527 g/mol. The SMILES string of the molecule is CCCCCC[C@H](C(=O)N1C[C@@H](Oc2ccc(C(F)(F)F)cc2)C[C@H]1C(=O)OC)n1cnc([N+](=O)[O-])c1. The molecular formula is C24H29F3N4O6. The summed E-state index contributed by atoms with van der Waals surface area (Å²) in [4.78, 5) is 41.8. The number of hydrogen-bond donors (Lipinski definition) is 0. The molecule has 1 aromatic carbocycles. The smallest absolute Gasteiger partial charge is 0.416 e. The maximum Gasteiger partial charge on any atom is 0.416 e. The fourth-order valence-electron chi connectivity index (χ4n) is 4.35. The third-order valence-corrected chi connectivity index (χ3v) is 6.25. The molecule has 1 aliphatic heterocycles. The first kappa shape index (κ1) is 27.9. The molecule has 0 unspecified atom stereocenters. The molecule has 1 saturated heterocycles. The molecule has 10 nitrogen and oxygen atoms in total. The molecule has 1 aromatic heterocycles. The van der Waals surface area contributed by atoms with Crippen molar-refractivity contribution in [2.45, 2.75) is 69.8 Å². The second-order valence-corrected chi connectivity index (χ2v) is 8.83. The number of nitrogens with zero attached hydrogens (tertiary/aromatic N) is 4. The van der Waals surface area contributed by atoms with Crippen molar-refractivity contribution in [3.8, 4) is 5.75 Å². The van der Waals surface area contributed by atoms with Crippen LogP contribution in [-0.2, 0) is 20.5 Å². The van der Waals surface area contributed by atoms with Gasteiger partial charge in [-0.2, -0.15) is 13.2 Å². The quantitative estimate of drug-likeness (QED) is 0.183. The molecule has 3 rings (SSSR count). The van der Waals surface area contributed by atoms with Crippen molar-refractivity contribution in [2.75, 3.05) is 13.7 Å². The first-order valence-corrected chi connectivity index (χ1v) is 11.9. The number of esters is 1. The molecule has 1 aliphatic rings. The third-order valence-electron chi connectivity index (χ3n) is 6.25. The number of aromatic nitrogens is 2. The lowest BCUT2D eigenvalue weighted by Crippen LogP contribution is -2.44. The van der Waals surface area contributed by atoms with Gasteiger partial charge in [-0.1, -0.05) is 32.6 Å². The first-order valence-electron chi connectivity index (χ1n) is 11.9. The minimum Gasteiger partial charge on any atom is -0.488 e. The van der Waals surface area contributed by atoms with Gasteiger partial charge in [-0.3, -0.25) is 9.36 Å². The van der Waals surface area contributed by atoms with Gasteiger partial charge in [-0.05, 0) is 40.6 Å². The van der Waals surface area contributed by atoms with Crippen molar-refractivity contribution in [3.63, 3.8) is 0 Å². The standard InChI is InChI=1S/C24H29F3N4O6/c1-3-4-5-6-7-19(29-14-21(28-15-29)31(34)35)22(32)30-13-18(12-20(30)23(33)36-2)37-17-10-8-16(9-11-17)24(25,26)27/h8-11,14-15,18-20H,3-7,12-13H2,1-2H3/t18-,19+,20-/m0/s1. The van der Waals surface area contributed by atoms with Crippen LogP contribution in [-0.4, -0.2) is 57.1 Å². The maximum absolute atomic E-state index is 13.7. The number of likely N-dealkylation sites (tertiary alicyclic amines) is 1. The molecular weight excluding hydrogens is 497 g/mol. The van der Waals surface area contributed by atoms with Gasteiger partial charge in [0.05, 0.1) is 19.2 Å². The van der Waals surface area contributed by atoms with E-state index in [1.54, 1.807) is 0 Å². The number of carbonyl (C=O) groups excluding carboxylic acids is 2. The highest BCUT2D eigenvalue weighted by Crippen LogP contribution is 2.32. The zero-order chi connectivity index (χ0) is 27.2. The molecule has 2 heterocycles. The summed E-state index contributed by atoms with van der Waals surface area (Å²) in [5.74, 6) is -1.34. The van der Waals surface area contributed by atoms with Crippen molar-refractivity contribution in [1.29, 1.82) is 0 Å². The van der Waals surface area contributed by atoms with Crippen LogP contribution in [0.3, 0.4) is 0 Å². The largest absolute Gasteiger partial charge is 0.488 e. The number of methoxy groups -OCH3 is 1. The van der Waals surface area contributed by atoms with Gasteiger partial charge >= 0.3 is 18.0 Å². The van der Waals surface area contributed by atoms with Gasteiger partial charge in [0.25, 0.3) is 0 Å². The monoisotopic (exact) mass is 526 g/mol. The highest BCUT2D eigenvalue weighted by molar-refractivity contribution is 5.87. The third kappa shape index (κ3) is 6.98. The number of amides is 1. The number of rotatable bonds is 11. The number of halogens is 3. The van der Waals surface area contributed by atoms with Crippen LogP contribution in [0.5, 0.6) is 5.75 Å². The number of alkyl halides is 3. The van der Waals surface area contributed by atoms with Crippen molar-refractivity contribution in [2.24, 2.45) is 0 Å². The lowest BCUT2D eigenvalue weighted by atomic mass is 10.1. The van der Waals surface area contributed by atoms with Crippen LogP contribution in [0.1, 0.15) is 57.1 Å². The van der Waals surface area contributed by atoms with Crippen molar-refractivity contribution >= 4 is 17.7 Å². The van der Waals surface area contributed by atoms with Gasteiger partial charge in [0.1, 0.15) is 30.1 Å². The predicted molar refractivity (Wildman–Crippen MR) is 125 cm³/mol. The Morgan fingerprint density at radius 2 is 1.92 bits per heavy atom. The van der Waals surface area contributed by atoms with Gasteiger partial charge in [0.2, 0.25) is 12.2 Å². The lowest BCUT2D eigenvalue weighted by molar-refractivity contribution is -0.389. The van der Waals surface area contributed by atoms with E-state index in [0.29, 0.717) is 12.8 Å². The Bertz CT molecular complexity index is 1090. The van der Waals surface area contributed by atoms with E-state index in [0.717, 1.165) is 31.4 Å². The Labute approximate surface area is 211 Å². The van der Waals surface area contributed by atoms with Crippen molar-refractivity contribution < 1.29 is 37.2 Å². The minimum atomic E-state index is -4.49. The van der Waals surface area contributed by atoms with Crippen LogP contribution in [0, 0.1) is 10.1 Å². The summed E-state index contributed by atoms with van der Waals surface area (Å²) in [6.07, 6.45) is 1.17. The fourth-order valence-corrected chi connectivity index (χ4v) is 4.35.